The van der Waals surface area contributed by atoms with Gasteiger partial charge in [0.15, 0.2) is 13.0 Å². The monoisotopic (exact) mass is 396 g/mol. The molecule has 0 N–H and O–H groups in total. The van der Waals surface area contributed by atoms with Gasteiger partial charge in [-0.2, -0.15) is 0 Å². The quantitative estimate of drug-likeness (QED) is 0.493. The third-order valence-electron chi connectivity index (χ3n) is 2.87. The van der Waals surface area contributed by atoms with E-state index in [1.807, 2.05) is 30.3 Å². The topological polar surface area (TPSA) is 0 Å². The molecule has 0 amide bonds. The zero-order chi connectivity index (χ0) is 14.5. The molecule has 104 valence electrons. The Balaban J connectivity index is 2.61. The van der Waals surface area contributed by atoms with Crippen LogP contribution in [0.4, 0.5) is 0 Å². The zero-order valence-corrected chi connectivity index (χ0v) is 14.5. The van der Waals surface area contributed by atoms with Crippen LogP contribution in [-0.4, -0.2) is 18.4 Å². The third kappa shape index (κ3) is 2.59. The van der Waals surface area contributed by atoms with Gasteiger partial charge in [-0.25, -0.2) is 0 Å². The normalized spacial score (nSPS) is 27.7. The lowest BCUT2D eigenvalue weighted by Gasteiger charge is -2.46. The minimum atomic E-state index is -1.85. The number of halogens is 7. The number of hydrogen-bond acceptors (Lipinski definition) is 0. The van der Waals surface area contributed by atoms with E-state index in [0.29, 0.717) is 5.57 Å². The molecule has 0 saturated carbocycles. The first-order chi connectivity index (χ1) is 8.61. The van der Waals surface area contributed by atoms with Gasteiger partial charge in [0.2, 0.25) is 0 Å². The highest BCUT2D eigenvalue weighted by Gasteiger charge is 2.65. The molecule has 0 fully saturated rings. The fourth-order valence-electron chi connectivity index (χ4n) is 1.80. The maximum atomic E-state index is 6.30. The van der Waals surface area contributed by atoms with Crippen molar-refractivity contribution < 1.29 is 0 Å². The summed E-state index contributed by atoms with van der Waals surface area (Å²) in [5, 5.41) is -0.862. The highest BCUT2D eigenvalue weighted by molar-refractivity contribution is 6.72. The molecule has 1 aromatic rings. The van der Waals surface area contributed by atoms with Gasteiger partial charge in [-0.05, 0) is 17.2 Å². The first kappa shape index (κ1) is 16.4. The van der Waals surface area contributed by atoms with E-state index in [1.54, 1.807) is 0 Å². The van der Waals surface area contributed by atoms with Crippen LogP contribution in [0.25, 0.3) is 5.57 Å². The summed E-state index contributed by atoms with van der Waals surface area (Å²) in [5.41, 5.74) is 1.37. The average molecular weight is 399 g/mol. The molecule has 1 aromatic carbocycles. The lowest BCUT2D eigenvalue weighted by molar-refractivity contribution is 0.627. The number of alkyl halides is 7. The second-order valence-corrected chi connectivity index (χ2v) is 8.68. The van der Waals surface area contributed by atoms with Crippen LogP contribution < -0.4 is 0 Å². The maximum Gasteiger partial charge on any atom is 0.188 e. The second-order valence-electron chi connectivity index (χ2n) is 4.15. The predicted molar refractivity (Wildman–Crippen MR) is 87.4 cm³/mol. The average Bonchev–Trinajstić information content (AvgIpc) is 2.34. The summed E-state index contributed by atoms with van der Waals surface area (Å²) in [4.78, 5) is 0. The van der Waals surface area contributed by atoms with E-state index in [1.165, 1.54) is 6.08 Å². The van der Waals surface area contributed by atoms with Crippen molar-refractivity contribution in [3.8, 4) is 0 Å². The van der Waals surface area contributed by atoms with Crippen molar-refractivity contribution in [1.82, 2.24) is 0 Å². The summed E-state index contributed by atoms with van der Waals surface area (Å²) in [6, 6.07) is 9.23. The van der Waals surface area contributed by atoms with Gasteiger partial charge < -0.3 is 0 Å². The van der Waals surface area contributed by atoms with E-state index in [4.69, 9.17) is 81.2 Å². The van der Waals surface area contributed by atoms with E-state index in [2.05, 4.69) is 0 Å². The molecule has 1 atom stereocenters. The largest absolute Gasteiger partial charge is 0.188 e. The summed E-state index contributed by atoms with van der Waals surface area (Å²) in [6.45, 7) is 0. The summed E-state index contributed by atoms with van der Waals surface area (Å²) in [7, 11) is 0. The van der Waals surface area contributed by atoms with Crippen LogP contribution in [0.2, 0.25) is 0 Å². The molecule has 0 bridgehead atoms. The van der Waals surface area contributed by atoms with E-state index >= 15 is 0 Å². The van der Waals surface area contributed by atoms with Crippen LogP contribution in [0, 0.1) is 0 Å². The van der Waals surface area contributed by atoms with Gasteiger partial charge in [0.25, 0.3) is 0 Å². The van der Waals surface area contributed by atoms with Crippen molar-refractivity contribution in [2.45, 2.75) is 18.4 Å². The summed E-state index contributed by atoms with van der Waals surface area (Å²) in [6.07, 6.45) is 1.48. The number of hydrogen-bond donors (Lipinski definition) is 0. The van der Waals surface area contributed by atoms with E-state index in [0.717, 1.165) is 5.56 Å². The first-order valence-electron chi connectivity index (χ1n) is 5.17. The Labute approximate surface area is 146 Å². The Morgan fingerprint density at radius 2 is 1.37 bits per heavy atom. The Morgan fingerprint density at radius 3 is 1.89 bits per heavy atom. The van der Waals surface area contributed by atoms with Crippen LogP contribution in [0.1, 0.15) is 5.56 Å². The standard InChI is InChI=1S/C12H7Cl7/c13-9-8(7-4-2-1-3-5-7)6-10(14,15)12(18,19)11(9,16)17/h1-6,9H. The minimum Gasteiger partial charge on any atom is -0.114 e. The molecule has 1 unspecified atom stereocenters. The smallest absolute Gasteiger partial charge is 0.114 e. The molecule has 1 aliphatic carbocycles. The van der Waals surface area contributed by atoms with Crippen LogP contribution in [0.15, 0.2) is 36.4 Å². The molecule has 0 aliphatic heterocycles. The first-order valence-corrected chi connectivity index (χ1v) is 7.87. The lowest BCUT2D eigenvalue weighted by Crippen LogP contribution is -2.56. The van der Waals surface area contributed by atoms with Gasteiger partial charge in [0, 0.05) is 0 Å². The SMILES string of the molecule is ClC1C(c2ccccc2)=CC(Cl)(Cl)C(Cl)(Cl)C1(Cl)Cl. The Kier molecular flexibility index (Phi) is 4.58. The maximum absolute atomic E-state index is 6.30. The zero-order valence-electron chi connectivity index (χ0n) is 9.19. The molecule has 0 spiro atoms. The molecular formula is C12H7Cl7. The van der Waals surface area contributed by atoms with Crippen molar-refractivity contribution in [2.24, 2.45) is 0 Å². The predicted octanol–water partition coefficient (Wildman–Crippen LogP) is 6.21. The fraction of sp³-hybridized carbons (Fsp3) is 0.333. The van der Waals surface area contributed by atoms with E-state index in [-0.39, 0.29) is 0 Å². The van der Waals surface area contributed by atoms with Gasteiger partial charge in [-0.1, -0.05) is 99.9 Å². The fourth-order valence-corrected chi connectivity index (χ4v) is 3.85. The van der Waals surface area contributed by atoms with Crippen LogP contribution >= 0.6 is 81.2 Å². The highest BCUT2D eigenvalue weighted by atomic mass is 35.5. The second kappa shape index (κ2) is 5.32. The molecule has 0 saturated heterocycles. The Hall–Kier alpha value is 0.990. The molecular weight excluding hydrogens is 392 g/mol. The third-order valence-corrected chi connectivity index (χ3v) is 7.41. The van der Waals surface area contributed by atoms with Gasteiger partial charge >= 0.3 is 0 Å². The van der Waals surface area contributed by atoms with E-state index < -0.39 is 18.4 Å². The van der Waals surface area contributed by atoms with Gasteiger partial charge in [-0.3, -0.25) is 0 Å². The molecule has 0 heterocycles. The van der Waals surface area contributed by atoms with Crippen LogP contribution in [-0.2, 0) is 0 Å². The van der Waals surface area contributed by atoms with E-state index in [9.17, 15) is 0 Å². The highest BCUT2D eigenvalue weighted by Crippen LogP contribution is 2.62. The van der Waals surface area contributed by atoms with Crippen molar-refractivity contribution in [2.75, 3.05) is 0 Å². The van der Waals surface area contributed by atoms with Gasteiger partial charge in [0.1, 0.15) is 0 Å². The lowest BCUT2D eigenvalue weighted by atomic mass is 9.91. The number of benzene rings is 1. The van der Waals surface area contributed by atoms with Crippen molar-refractivity contribution >= 4 is 86.8 Å². The molecule has 0 radical (unpaired) electrons. The summed E-state index contributed by atoms with van der Waals surface area (Å²) in [5.74, 6) is 0. The summed E-state index contributed by atoms with van der Waals surface area (Å²) >= 11 is 43.2. The van der Waals surface area contributed by atoms with Crippen molar-refractivity contribution in [1.29, 1.82) is 0 Å². The van der Waals surface area contributed by atoms with Crippen molar-refractivity contribution in [3.63, 3.8) is 0 Å². The molecule has 0 nitrogen and oxygen atoms in total. The van der Waals surface area contributed by atoms with Gasteiger partial charge in [0.05, 0.1) is 5.38 Å². The van der Waals surface area contributed by atoms with Gasteiger partial charge in [-0.15, -0.1) is 11.6 Å². The molecule has 1 aliphatic rings. The number of allylic oxidation sites excluding steroid dienone is 2. The van der Waals surface area contributed by atoms with Crippen molar-refractivity contribution in [3.05, 3.63) is 42.0 Å². The van der Waals surface area contributed by atoms with Crippen LogP contribution in [0.3, 0.4) is 0 Å². The number of rotatable bonds is 1. The molecule has 19 heavy (non-hydrogen) atoms. The summed E-state index contributed by atoms with van der Waals surface area (Å²) < 4.78 is -5.27. The molecule has 7 heteroatoms. The minimum absolute atomic E-state index is 0.578. The Morgan fingerprint density at radius 1 is 0.842 bits per heavy atom. The molecule has 2 rings (SSSR count). The molecule has 0 aromatic heterocycles. The Bertz CT molecular complexity index is 504. The van der Waals surface area contributed by atoms with Crippen LogP contribution in [0.5, 0.6) is 0 Å².